The first-order valence-electron chi connectivity index (χ1n) is 21.5. The molecule has 7 aromatic carbocycles. The van der Waals surface area contributed by atoms with E-state index >= 15 is 0 Å². The molecule has 0 aromatic heterocycles. The molecule has 0 atom stereocenters. The maximum Gasteiger partial charge on any atom is 0.0345 e. The zero-order valence-corrected chi connectivity index (χ0v) is 40.3. The average molecular weight is 1020 g/mol. The predicted molar refractivity (Wildman–Crippen MR) is 268 cm³/mol. The molecule has 0 aliphatic heterocycles. The topological polar surface area (TPSA) is 0 Å². The van der Waals surface area contributed by atoms with Crippen LogP contribution < -0.4 is 0 Å². The van der Waals surface area contributed by atoms with Crippen LogP contribution in [0.1, 0.15) is 102 Å². The Balaban J connectivity index is 1.41. The van der Waals surface area contributed by atoms with Crippen molar-refractivity contribution in [3.63, 3.8) is 0 Å². The molecule has 298 valence electrons. The minimum Gasteiger partial charge on any atom is -0.0654 e. The van der Waals surface area contributed by atoms with Gasteiger partial charge in [0.2, 0.25) is 0 Å². The molecule has 0 spiro atoms. The molecule has 0 aliphatic rings. The van der Waals surface area contributed by atoms with E-state index in [2.05, 4.69) is 199 Å². The van der Waals surface area contributed by atoms with Crippen LogP contribution in [0.2, 0.25) is 0 Å². The van der Waals surface area contributed by atoms with Gasteiger partial charge >= 0.3 is 0 Å². The van der Waals surface area contributed by atoms with Crippen LogP contribution in [-0.4, -0.2) is 0 Å². The molecule has 0 radical (unpaired) electrons. The van der Waals surface area contributed by atoms with E-state index in [0.717, 1.165) is 41.9 Å². The number of unbranched alkanes of at least 4 members (excludes halogenated alkanes) is 10. The van der Waals surface area contributed by atoms with Crippen molar-refractivity contribution in [3.8, 4) is 44.5 Å². The van der Waals surface area contributed by atoms with Crippen LogP contribution >= 0.6 is 63.7 Å². The largest absolute Gasteiger partial charge is 0.0654 e. The summed E-state index contributed by atoms with van der Waals surface area (Å²) in [4.78, 5) is 0. The normalized spacial score (nSPS) is 11.6. The van der Waals surface area contributed by atoms with E-state index in [0.29, 0.717) is 0 Å². The third kappa shape index (κ3) is 10.1. The van der Waals surface area contributed by atoms with Crippen molar-refractivity contribution in [2.24, 2.45) is 0 Å². The molecule has 0 saturated heterocycles. The Labute approximate surface area is 380 Å². The second-order valence-electron chi connectivity index (χ2n) is 15.9. The SMILES string of the molecule is CCCCCCCCc1ccc(-c2c(Br)c(-c3cc4ccccc4cc3Br)c(-c3ccc(CCCCCCCC)cc3)c(Br)c2-c2cc3ccccc3cc2Br)cc1. The van der Waals surface area contributed by atoms with E-state index < -0.39 is 0 Å². The minimum absolute atomic E-state index is 1.07. The van der Waals surface area contributed by atoms with Gasteiger partial charge in [-0.2, -0.15) is 0 Å². The second kappa shape index (κ2) is 21.0. The molecule has 0 N–H and O–H groups in total. The van der Waals surface area contributed by atoms with E-state index in [1.54, 1.807) is 0 Å². The summed E-state index contributed by atoms with van der Waals surface area (Å²) in [5.74, 6) is 0. The van der Waals surface area contributed by atoms with Gasteiger partial charge in [0.1, 0.15) is 0 Å². The number of aryl methyl sites for hydroxylation is 2. The van der Waals surface area contributed by atoms with Crippen LogP contribution in [0.15, 0.2) is 139 Å². The van der Waals surface area contributed by atoms with E-state index in [9.17, 15) is 0 Å². The first-order valence-corrected chi connectivity index (χ1v) is 24.7. The molecule has 58 heavy (non-hydrogen) atoms. The smallest absolute Gasteiger partial charge is 0.0345 e. The van der Waals surface area contributed by atoms with Crippen molar-refractivity contribution in [1.29, 1.82) is 0 Å². The Morgan fingerprint density at radius 3 is 1.03 bits per heavy atom. The van der Waals surface area contributed by atoms with Gasteiger partial charge < -0.3 is 0 Å². The van der Waals surface area contributed by atoms with Crippen molar-refractivity contribution >= 4 is 85.3 Å². The first-order chi connectivity index (χ1) is 28.4. The number of hydrogen-bond acceptors (Lipinski definition) is 0. The fraction of sp³-hybridized carbons (Fsp3) is 0.296. The molecule has 7 aromatic rings. The summed E-state index contributed by atoms with van der Waals surface area (Å²) in [7, 11) is 0. The van der Waals surface area contributed by atoms with Gasteiger partial charge in [0.25, 0.3) is 0 Å². The number of halogens is 4. The molecule has 0 bridgehead atoms. The molecule has 0 aliphatic carbocycles. The maximum atomic E-state index is 4.37. The summed E-state index contributed by atoms with van der Waals surface area (Å²) in [6.07, 6.45) is 17.9. The van der Waals surface area contributed by atoms with Crippen molar-refractivity contribution in [3.05, 3.63) is 150 Å². The van der Waals surface area contributed by atoms with Crippen LogP contribution in [0.4, 0.5) is 0 Å². The summed E-state index contributed by atoms with van der Waals surface area (Å²) >= 11 is 16.9. The van der Waals surface area contributed by atoms with Gasteiger partial charge in [-0.3, -0.25) is 0 Å². The highest BCUT2D eigenvalue weighted by atomic mass is 79.9. The number of benzene rings is 7. The van der Waals surface area contributed by atoms with E-state index in [1.807, 2.05) is 0 Å². The molecule has 0 fully saturated rings. The van der Waals surface area contributed by atoms with Gasteiger partial charge in [-0.25, -0.2) is 0 Å². The van der Waals surface area contributed by atoms with Gasteiger partial charge in [0.15, 0.2) is 0 Å². The highest BCUT2D eigenvalue weighted by Gasteiger charge is 2.28. The predicted octanol–water partition coefficient (Wildman–Crippen LogP) is 19.5. The van der Waals surface area contributed by atoms with Crippen LogP contribution in [-0.2, 0) is 12.8 Å². The number of rotatable bonds is 18. The number of hydrogen-bond donors (Lipinski definition) is 0. The van der Waals surface area contributed by atoms with Crippen molar-refractivity contribution in [2.45, 2.75) is 104 Å². The van der Waals surface area contributed by atoms with Gasteiger partial charge in [-0.05, 0) is 137 Å². The first kappa shape index (κ1) is 43.1. The average Bonchev–Trinajstić information content (AvgIpc) is 3.24. The quantitative estimate of drug-likeness (QED) is 0.0752. The Hall–Kier alpha value is -3.02. The monoisotopic (exact) mass is 1020 g/mol. The fourth-order valence-corrected chi connectivity index (χ4v) is 11.2. The summed E-state index contributed by atoms with van der Waals surface area (Å²) < 4.78 is 4.30. The molecule has 0 heterocycles. The van der Waals surface area contributed by atoms with Crippen LogP contribution in [0.25, 0.3) is 66.1 Å². The lowest BCUT2D eigenvalue weighted by molar-refractivity contribution is 0.607. The molecular weight excluding hydrogens is 968 g/mol. The standard InChI is InChI=1S/C54H54Br4/c1-3-5-7-9-11-13-19-37-25-29-39(30-26-37)49-51(45-33-41-21-15-17-23-43(41)35-47(45)55)54(58)50(40-31-27-38(28-32-40)20-14-12-10-8-6-4-2)52(53(49)57)46-34-42-22-16-18-24-44(42)36-48(46)56/h15-18,21-36H,3-14,19-20H2,1-2H3. The van der Waals surface area contributed by atoms with Crippen LogP contribution in [0.3, 0.4) is 0 Å². The maximum absolute atomic E-state index is 4.37. The highest BCUT2D eigenvalue weighted by Crippen LogP contribution is 2.55. The van der Waals surface area contributed by atoms with Crippen molar-refractivity contribution in [2.75, 3.05) is 0 Å². The molecule has 0 unspecified atom stereocenters. The van der Waals surface area contributed by atoms with Crippen LogP contribution in [0, 0.1) is 0 Å². The van der Waals surface area contributed by atoms with E-state index in [1.165, 1.54) is 143 Å². The molecule has 4 heteroatoms. The Kier molecular flexibility index (Phi) is 15.6. The third-order valence-electron chi connectivity index (χ3n) is 11.7. The van der Waals surface area contributed by atoms with E-state index in [-0.39, 0.29) is 0 Å². The lowest BCUT2D eigenvalue weighted by atomic mass is 9.84. The van der Waals surface area contributed by atoms with Gasteiger partial charge in [-0.1, -0.05) is 207 Å². The second-order valence-corrected chi connectivity index (χ2v) is 19.2. The van der Waals surface area contributed by atoms with Crippen molar-refractivity contribution in [1.82, 2.24) is 0 Å². The zero-order valence-electron chi connectivity index (χ0n) is 34.0. The number of fused-ring (bicyclic) bond motifs is 2. The molecule has 0 nitrogen and oxygen atoms in total. The molecular formula is C54H54Br4. The van der Waals surface area contributed by atoms with Gasteiger partial charge in [-0.15, -0.1) is 0 Å². The Morgan fingerprint density at radius 1 is 0.345 bits per heavy atom. The lowest BCUT2D eigenvalue weighted by Crippen LogP contribution is -1.99. The summed E-state index contributed by atoms with van der Waals surface area (Å²) in [6, 6.07) is 45.3. The van der Waals surface area contributed by atoms with E-state index in [4.69, 9.17) is 0 Å². The summed E-state index contributed by atoms with van der Waals surface area (Å²) in [5, 5.41) is 4.86. The van der Waals surface area contributed by atoms with Gasteiger partial charge in [0, 0.05) is 40.1 Å². The molecule has 7 rings (SSSR count). The Bertz CT molecular complexity index is 2290. The minimum atomic E-state index is 1.07. The van der Waals surface area contributed by atoms with Crippen LogP contribution in [0.5, 0.6) is 0 Å². The fourth-order valence-electron chi connectivity index (χ4n) is 8.44. The molecule has 0 saturated carbocycles. The summed E-state index contributed by atoms with van der Waals surface area (Å²) in [6.45, 7) is 4.57. The third-order valence-corrected chi connectivity index (χ3v) is 14.6. The molecule has 0 amide bonds. The highest BCUT2D eigenvalue weighted by molar-refractivity contribution is 9.11. The lowest BCUT2D eigenvalue weighted by Gasteiger charge is -2.25. The summed E-state index contributed by atoms with van der Waals surface area (Å²) in [5.41, 5.74) is 12.2. The van der Waals surface area contributed by atoms with Crippen molar-refractivity contribution < 1.29 is 0 Å². The van der Waals surface area contributed by atoms with Gasteiger partial charge in [0.05, 0.1) is 0 Å². The Morgan fingerprint density at radius 2 is 0.672 bits per heavy atom. The zero-order chi connectivity index (χ0) is 40.4.